The molecule has 7 nitrogen and oxygen atoms in total. The minimum absolute atomic E-state index is 0.0531. The van der Waals surface area contributed by atoms with Gasteiger partial charge in [-0.15, -0.1) is 0 Å². The fraction of sp³-hybridized carbons (Fsp3) is 0.350. The molecular weight excluding hydrogens is 346 g/mol. The Morgan fingerprint density at radius 3 is 2.48 bits per heavy atom. The van der Waals surface area contributed by atoms with E-state index in [9.17, 15) is 9.59 Å². The van der Waals surface area contributed by atoms with E-state index in [1.165, 1.54) is 0 Å². The van der Waals surface area contributed by atoms with E-state index in [1.54, 1.807) is 53.6 Å². The van der Waals surface area contributed by atoms with E-state index in [4.69, 9.17) is 9.47 Å². The van der Waals surface area contributed by atoms with E-state index in [1.807, 2.05) is 12.1 Å². The SMILES string of the molecule is COc1ccccc1OCC(=O)N1CCCN(C(=O)c2cccnc2)CC1. The van der Waals surface area contributed by atoms with Gasteiger partial charge in [0.2, 0.25) is 0 Å². The smallest absolute Gasteiger partial charge is 0.260 e. The van der Waals surface area contributed by atoms with Crippen LogP contribution in [0.15, 0.2) is 48.8 Å². The monoisotopic (exact) mass is 369 g/mol. The Labute approximate surface area is 158 Å². The molecule has 0 spiro atoms. The van der Waals surface area contributed by atoms with Gasteiger partial charge in [-0.3, -0.25) is 14.6 Å². The van der Waals surface area contributed by atoms with Gasteiger partial charge >= 0.3 is 0 Å². The Kier molecular flexibility index (Phi) is 6.25. The summed E-state index contributed by atoms with van der Waals surface area (Å²) in [6.07, 6.45) is 3.94. The number of pyridine rings is 1. The van der Waals surface area contributed by atoms with Gasteiger partial charge in [-0.2, -0.15) is 0 Å². The van der Waals surface area contributed by atoms with Gasteiger partial charge in [0.1, 0.15) is 0 Å². The van der Waals surface area contributed by atoms with Crippen molar-refractivity contribution in [3.63, 3.8) is 0 Å². The molecule has 0 unspecified atom stereocenters. The fourth-order valence-electron chi connectivity index (χ4n) is 3.01. The van der Waals surface area contributed by atoms with Gasteiger partial charge < -0.3 is 19.3 Å². The molecule has 0 saturated carbocycles. The number of benzene rings is 1. The van der Waals surface area contributed by atoms with Crippen molar-refractivity contribution in [2.45, 2.75) is 6.42 Å². The molecule has 1 aliphatic rings. The lowest BCUT2D eigenvalue weighted by Gasteiger charge is -2.22. The first-order valence-corrected chi connectivity index (χ1v) is 8.92. The summed E-state index contributed by atoms with van der Waals surface area (Å²) in [5.74, 6) is 0.977. The molecule has 1 aromatic carbocycles. The maximum absolute atomic E-state index is 12.6. The molecule has 3 rings (SSSR count). The second-order valence-corrected chi connectivity index (χ2v) is 6.21. The van der Waals surface area contributed by atoms with Gasteiger partial charge in [-0.25, -0.2) is 0 Å². The maximum Gasteiger partial charge on any atom is 0.260 e. The number of methoxy groups -OCH3 is 1. The van der Waals surface area contributed by atoms with Crippen LogP contribution >= 0.6 is 0 Å². The summed E-state index contributed by atoms with van der Waals surface area (Å²) < 4.78 is 10.8. The second kappa shape index (κ2) is 9.02. The van der Waals surface area contributed by atoms with Crippen molar-refractivity contribution in [3.05, 3.63) is 54.4 Å². The summed E-state index contributed by atoms with van der Waals surface area (Å²) in [5.41, 5.74) is 0.566. The summed E-state index contributed by atoms with van der Waals surface area (Å²) in [6.45, 7) is 2.14. The predicted octanol–water partition coefficient (Wildman–Crippen LogP) is 1.84. The number of ether oxygens (including phenoxy) is 2. The van der Waals surface area contributed by atoms with E-state index in [0.717, 1.165) is 6.42 Å². The molecule has 0 atom stereocenters. The molecule has 1 aliphatic heterocycles. The van der Waals surface area contributed by atoms with Crippen LogP contribution in [0.4, 0.5) is 0 Å². The summed E-state index contributed by atoms with van der Waals surface area (Å²) in [6, 6.07) is 10.7. The average molecular weight is 369 g/mol. The number of aromatic nitrogens is 1. The van der Waals surface area contributed by atoms with Crippen LogP contribution in [0.5, 0.6) is 11.5 Å². The lowest BCUT2D eigenvalue weighted by molar-refractivity contribution is -0.133. The van der Waals surface area contributed by atoms with Gasteiger partial charge in [-0.1, -0.05) is 12.1 Å². The number of amides is 2. The lowest BCUT2D eigenvalue weighted by atomic mass is 10.2. The summed E-state index contributed by atoms with van der Waals surface area (Å²) in [4.78, 5) is 32.6. The molecule has 0 radical (unpaired) electrons. The Bertz CT molecular complexity index is 782. The molecule has 142 valence electrons. The number of carbonyl (C=O) groups excluding carboxylic acids is 2. The molecule has 7 heteroatoms. The summed E-state index contributed by atoms with van der Waals surface area (Å²) in [5, 5.41) is 0. The van der Waals surface area contributed by atoms with E-state index in [2.05, 4.69) is 4.98 Å². The first-order valence-electron chi connectivity index (χ1n) is 8.92. The van der Waals surface area contributed by atoms with Crippen LogP contribution < -0.4 is 9.47 Å². The van der Waals surface area contributed by atoms with Gasteiger partial charge in [0.15, 0.2) is 18.1 Å². The molecular formula is C20H23N3O4. The molecule has 1 aromatic heterocycles. The zero-order chi connectivity index (χ0) is 19.1. The minimum Gasteiger partial charge on any atom is -0.493 e. The molecule has 0 aliphatic carbocycles. The normalized spacial score (nSPS) is 14.4. The Balaban J connectivity index is 1.54. The topological polar surface area (TPSA) is 72.0 Å². The highest BCUT2D eigenvalue weighted by Crippen LogP contribution is 2.25. The van der Waals surface area contributed by atoms with Crippen LogP contribution in [-0.4, -0.2) is 66.5 Å². The van der Waals surface area contributed by atoms with Crippen LogP contribution in [-0.2, 0) is 4.79 Å². The van der Waals surface area contributed by atoms with Crippen molar-refractivity contribution in [1.29, 1.82) is 0 Å². The lowest BCUT2D eigenvalue weighted by Crippen LogP contribution is -2.39. The van der Waals surface area contributed by atoms with Crippen LogP contribution in [0.3, 0.4) is 0 Å². The average Bonchev–Trinajstić information content (AvgIpc) is 2.98. The molecule has 2 heterocycles. The number of rotatable bonds is 5. The highest BCUT2D eigenvalue weighted by atomic mass is 16.5. The third-order valence-electron chi connectivity index (χ3n) is 4.46. The highest BCUT2D eigenvalue weighted by molar-refractivity contribution is 5.94. The van der Waals surface area contributed by atoms with Gasteiger partial charge in [-0.05, 0) is 30.7 Å². The molecule has 0 N–H and O–H groups in total. The fourth-order valence-corrected chi connectivity index (χ4v) is 3.01. The molecule has 2 aromatic rings. The first kappa shape index (κ1) is 18.7. The summed E-state index contributed by atoms with van der Waals surface area (Å²) in [7, 11) is 1.56. The van der Waals surface area contributed by atoms with E-state index >= 15 is 0 Å². The summed E-state index contributed by atoms with van der Waals surface area (Å²) >= 11 is 0. The number of para-hydroxylation sites is 2. The van der Waals surface area contributed by atoms with E-state index in [0.29, 0.717) is 43.2 Å². The third-order valence-corrected chi connectivity index (χ3v) is 4.46. The number of carbonyl (C=O) groups is 2. The molecule has 0 bridgehead atoms. The predicted molar refractivity (Wildman–Crippen MR) is 99.8 cm³/mol. The van der Waals surface area contributed by atoms with Crippen LogP contribution in [0.1, 0.15) is 16.8 Å². The zero-order valence-corrected chi connectivity index (χ0v) is 15.3. The third kappa shape index (κ3) is 4.75. The van der Waals surface area contributed by atoms with Gasteiger partial charge in [0.25, 0.3) is 11.8 Å². The number of hydrogen-bond acceptors (Lipinski definition) is 5. The van der Waals surface area contributed by atoms with E-state index < -0.39 is 0 Å². The van der Waals surface area contributed by atoms with Crippen molar-refractivity contribution < 1.29 is 19.1 Å². The Morgan fingerprint density at radius 1 is 1.00 bits per heavy atom. The molecule has 1 fully saturated rings. The quantitative estimate of drug-likeness (QED) is 0.804. The molecule has 1 saturated heterocycles. The van der Waals surface area contributed by atoms with Gasteiger partial charge in [0, 0.05) is 38.6 Å². The maximum atomic E-state index is 12.6. The largest absolute Gasteiger partial charge is 0.493 e. The molecule has 2 amide bonds. The first-order chi connectivity index (χ1) is 13.2. The van der Waals surface area contributed by atoms with Crippen molar-refractivity contribution >= 4 is 11.8 Å². The minimum atomic E-state index is -0.100. The van der Waals surface area contributed by atoms with Gasteiger partial charge in [0.05, 0.1) is 12.7 Å². The van der Waals surface area contributed by atoms with Crippen LogP contribution in [0.25, 0.3) is 0 Å². The number of nitrogens with zero attached hydrogens (tertiary/aromatic N) is 3. The van der Waals surface area contributed by atoms with Crippen molar-refractivity contribution in [2.24, 2.45) is 0 Å². The van der Waals surface area contributed by atoms with Crippen molar-refractivity contribution in [1.82, 2.24) is 14.8 Å². The molecule has 27 heavy (non-hydrogen) atoms. The number of hydrogen-bond donors (Lipinski definition) is 0. The Hall–Kier alpha value is -3.09. The zero-order valence-electron chi connectivity index (χ0n) is 15.3. The van der Waals surface area contributed by atoms with E-state index in [-0.39, 0.29) is 18.4 Å². The second-order valence-electron chi connectivity index (χ2n) is 6.21. The van der Waals surface area contributed by atoms with Crippen LogP contribution in [0, 0.1) is 0 Å². The highest BCUT2D eigenvalue weighted by Gasteiger charge is 2.23. The van der Waals surface area contributed by atoms with Crippen molar-refractivity contribution in [2.75, 3.05) is 39.9 Å². The van der Waals surface area contributed by atoms with Crippen LogP contribution in [0.2, 0.25) is 0 Å². The standard InChI is InChI=1S/C20H23N3O4/c1-26-17-7-2-3-8-18(17)27-15-19(24)22-10-5-11-23(13-12-22)20(25)16-6-4-9-21-14-16/h2-4,6-9,14H,5,10-13,15H2,1H3. The van der Waals surface area contributed by atoms with Crippen molar-refractivity contribution in [3.8, 4) is 11.5 Å². The Morgan fingerprint density at radius 2 is 1.74 bits per heavy atom.